The highest BCUT2D eigenvalue weighted by Crippen LogP contribution is 2.34. The number of benzene rings is 2. The first-order chi connectivity index (χ1) is 15.7. The molecule has 0 aliphatic carbocycles. The molecular formula is C22H20F3N3O4S. The van der Waals surface area contributed by atoms with Crippen LogP contribution in [0.3, 0.4) is 0 Å². The minimum atomic E-state index is -4.78. The van der Waals surface area contributed by atoms with Crippen LogP contribution in [0.25, 0.3) is 16.3 Å². The number of aromatic nitrogens is 1. The molecule has 0 N–H and O–H groups in total. The molecule has 1 aromatic heterocycles. The highest BCUT2D eigenvalue weighted by molar-refractivity contribution is 7.22. The number of nitrogens with zero attached hydrogens (tertiary/aromatic N) is 3. The van der Waals surface area contributed by atoms with Gasteiger partial charge in [0.25, 0.3) is 5.91 Å². The maximum Gasteiger partial charge on any atom is 0.573 e. The summed E-state index contributed by atoms with van der Waals surface area (Å²) in [6, 6.07) is 9.25. The number of carbonyl (C=O) groups excluding carboxylic acids is 1. The first-order valence-corrected chi connectivity index (χ1v) is 10.7. The Balaban J connectivity index is 1.58. The van der Waals surface area contributed by atoms with Gasteiger partial charge in [0.2, 0.25) is 6.79 Å². The average molecular weight is 479 g/mol. The van der Waals surface area contributed by atoms with Gasteiger partial charge in [-0.05, 0) is 50.0 Å². The Hall–Kier alpha value is -3.31. The molecule has 1 aliphatic heterocycles. The fourth-order valence-electron chi connectivity index (χ4n) is 3.08. The van der Waals surface area contributed by atoms with Crippen LogP contribution < -0.4 is 19.1 Å². The van der Waals surface area contributed by atoms with Crippen LogP contribution in [0.15, 0.2) is 42.5 Å². The molecule has 0 saturated carbocycles. The van der Waals surface area contributed by atoms with Gasteiger partial charge in [0.05, 0.1) is 10.2 Å². The van der Waals surface area contributed by atoms with Crippen molar-refractivity contribution in [1.82, 2.24) is 9.88 Å². The highest BCUT2D eigenvalue weighted by atomic mass is 32.1. The Morgan fingerprint density at radius 2 is 1.94 bits per heavy atom. The Morgan fingerprint density at radius 3 is 2.70 bits per heavy atom. The molecule has 33 heavy (non-hydrogen) atoms. The number of hydrogen-bond donors (Lipinski definition) is 0. The van der Waals surface area contributed by atoms with Gasteiger partial charge < -0.3 is 19.1 Å². The number of thiazole rings is 1. The van der Waals surface area contributed by atoms with Gasteiger partial charge in [-0.25, -0.2) is 4.98 Å². The van der Waals surface area contributed by atoms with Gasteiger partial charge in [0.1, 0.15) is 5.75 Å². The number of halogens is 3. The van der Waals surface area contributed by atoms with Crippen molar-refractivity contribution in [3.63, 3.8) is 0 Å². The molecule has 0 fully saturated rings. The molecule has 7 nitrogen and oxygen atoms in total. The van der Waals surface area contributed by atoms with Crippen LogP contribution in [0.1, 0.15) is 5.56 Å². The summed E-state index contributed by atoms with van der Waals surface area (Å²) in [5.41, 5.74) is 1.24. The van der Waals surface area contributed by atoms with Gasteiger partial charge in [0.15, 0.2) is 16.6 Å². The molecule has 174 valence electrons. The zero-order chi connectivity index (χ0) is 23.6. The predicted molar refractivity (Wildman–Crippen MR) is 119 cm³/mol. The lowest BCUT2D eigenvalue weighted by Crippen LogP contribution is -2.35. The fraction of sp³-hybridized carbons (Fsp3) is 0.273. The summed E-state index contributed by atoms with van der Waals surface area (Å²) in [4.78, 5) is 20.9. The molecule has 0 unspecified atom stereocenters. The number of carbonyl (C=O) groups is 1. The zero-order valence-electron chi connectivity index (χ0n) is 17.8. The van der Waals surface area contributed by atoms with Crippen molar-refractivity contribution < 1.29 is 32.2 Å². The Morgan fingerprint density at radius 1 is 1.15 bits per heavy atom. The molecular weight excluding hydrogens is 459 g/mol. The van der Waals surface area contributed by atoms with Crippen LogP contribution in [0.2, 0.25) is 0 Å². The van der Waals surface area contributed by atoms with Crippen molar-refractivity contribution in [2.75, 3.05) is 38.9 Å². The van der Waals surface area contributed by atoms with Crippen LogP contribution in [0.4, 0.5) is 18.3 Å². The van der Waals surface area contributed by atoms with Gasteiger partial charge in [-0.1, -0.05) is 17.4 Å². The second-order valence-electron chi connectivity index (χ2n) is 7.41. The molecule has 0 atom stereocenters. The number of hydrogen-bond acceptors (Lipinski definition) is 7. The lowest BCUT2D eigenvalue weighted by Gasteiger charge is -2.20. The maximum atomic E-state index is 13.1. The van der Waals surface area contributed by atoms with Crippen molar-refractivity contribution in [3.8, 4) is 17.2 Å². The number of alkyl halides is 3. The fourth-order valence-corrected chi connectivity index (χ4v) is 4.11. The second-order valence-corrected chi connectivity index (χ2v) is 8.42. The van der Waals surface area contributed by atoms with Gasteiger partial charge in [-0.15, -0.1) is 13.2 Å². The van der Waals surface area contributed by atoms with Gasteiger partial charge in [-0.3, -0.25) is 9.69 Å². The average Bonchev–Trinajstić information content (AvgIpc) is 3.36. The van der Waals surface area contributed by atoms with E-state index in [2.05, 4.69) is 9.72 Å². The lowest BCUT2D eigenvalue weighted by atomic mass is 10.2. The predicted octanol–water partition coefficient (Wildman–Crippen LogP) is 4.53. The summed E-state index contributed by atoms with van der Waals surface area (Å²) in [5, 5.41) is 0.386. The summed E-state index contributed by atoms with van der Waals surface area (Å²) in [6.45, 7) is 1.08. The molecule has 2 heterocycles. The van der Waals surface area contributed by atoms with E-state index in [4.69, 9.17) is 9.47 Å². The minimum absolute atomic E-state index is 0.160. The minimum Gasteiger partial charge on any atom is -0.454 e. The Kier molecular flexibility index (Phi) is 6.43. The van der Waals surface area contributed by atoms with Crippen molar-refractivity contribution in [2.45, 2.75) is 6.36 Å². The Bertz CT molecular complexity index is 1190. The third-order valence-electron chi connectivity index (χ3n) is 4.66. The van der Waals surface area contributed by atoms with E-state index in [1.807, 2.05) is 19.0 Å². The van der Waals surface area contributed by atoms with Gasteiger partial charge in [0, 0.05) is 25.2 Å². The van der Waals surface area contributed by atoms with Crippen LogP contribution in [0, 0.1) is 0 Å². The molecule has 2 aromatic carbocycles. The largest absolute Gasteiger partial charge is 0.573 e. The SMILES string of the molecule is CN(C)CCN(C(=O)C=Cc1ccc2c(c1)OCO2)c1nc2ccc(OC(F)(F)F)cc2s1. The second kappa shape index (κ2) is 9.28. The summed E-state index contributed by atoms with van der Waals surface area (Å²) >= 11 is 1.12. The van der Waals surface area contributed by atoms with E-state index in [1.165, 1.54) is 29.2 Å². The maximum absolute atomic E-state index is 13.1. The van der Waals surface area contributed by atoms with E-state index in [0.29, 0.717) is 39.9 Å². The third kappa shape index (κ3) is 5.74. The molecule has 4 rings (SSSR count). The zero-order valence-corrected chi connectivity index (χ0v) is 18.6. The van der Waals surface area contributed by atoms with E-state index in [9.17, 15) is 18.0 Å². The molecule has 11 heteroatoms. The summed E-state index contributed by atoms with van der Waals surface area (Å²) in [5.74, 6) is 0.617. The van der Waals surface area contributed by atoms with E-state index < -0.39 is 6.36 Å². The topological polar surface area (TPSA) is 64.1 Å². The van der Waals surface area contributed by atoms with Crippen LogP contribution >= 0.6 is 11.3 Å². The lowest BCUT2D eigenvalue weighted by molar-refractivity contribution is -0.274. The van der Waals surface area contributed by atoms with Crippen LogP contribution in [-0.4, -0.2) is 56.1 Å². The number of fused-ring (bicyclic) bond motifs is 2. The first-order valence-electron chi connectivity index (χ1n) is 9.88. The smallest absolute Gasteiger partial charge is 0.454 e. The molecule has 0 saturated heterocycles. The quantitative estimate of drug-likeness (QED) is 0.464. The summed E-state index contributed by atoms with van der Waals surface area (Å²) in [6.07, 6.45) is -1.69. The molecule has 0 spiro atoms. The van der Waals surface area contributed by atoms with Crippen LogP contribution in [-0.2, 0) is 4.79 Å². The molecule has 1 amide bonds. The third-order valence-corrected chi connectivity index (χ3v) is 5.71. The van der Waals surface area contributed by atoms with Crippen molar-refractivity contribution in [3.05, 3.63) is 48.0 Å². The monoisotopic (exact) mass is 479 g/mol. The van der Waals surface area contributed by atoms with Crippen molar-refractivity contribution in [2.24, 2.45) is 0 Å². The normalized spacial score (nSPS) is 13.3. The van der Waals surface area contributed by atoms with Crippen molar-refractivity contribution in [1.29, 1.82) is 0 Å². The highest BCUT2D eigenvalue weighted by Gasteiger charge is 2.31. The number of rotatable bonds is 7. The summed E-state index contributed by atoms with van der Waals surface area (Å²) in [7, 11) is 3.76. The van der Waals surface area contributed by atoms with Gasteiger partial charge in [-0.2, -0.15) is 0 Å². The number of ether oxygens (including phenoxy) is 3. The molecule has 0 bridgehead atoms. The standard InChI is InChI=1S/C22H20F3N3O4S/c1-27(2)9-10-28(20(29)8-4-14-3-7-17-18(11-14)31-13-30-17)21-26-16-6-5-15(12-19(16)33-21)32-22(23,24)25/h3-8,11-12H,9-10,13H2,1-2H3. The number of likely N-dealkylation sites (N-methyl/N-ethyl adjacent to an activating group) is 1. The first kappa shape index (κ1) is 22.9. The molecule has 1 aliphatic rings. The molecule has 0 radical (unpaired) electrons. The summed E-state index contributed by atoms with van der Waals surface area (Å²) < 4.78 is 52.7. The number of amides is 1. The number of anilines is 1. The van der Waals surface area contributed by atoms with Crippen molar-refractivity contribution >= 4 is 38.7 Å². The Labute approximate surface area is 191 Å². The van der Waals surface area contributed by atoms with E-state index in [0.717, 1.165) is 16.9 Å². The van der Waals surface area contributed by atoms with E-state index >= 15 is 0 Å². The van der Waals surface area contributed by atoms with Gasteiger partial charge >= 0.3 is 6.36 Å². The van der Waals surface area contributed by atoms with E-state index in [-0.39, 0.29) is 18.4 Å². The molecule has 3 aromatic rings. The van der Waals surface area contributed by atoms with Crippen LogP contribution in [0.5, 0.6) is 17.2 Å². The van der Waals surface area contributed by atoms with E-state index in [1.54, 1.807) is 24.3 Å².